The monoisotopic (exact) mass is 309 g/mol. The lowest BCUT2D eigenvalue weighted by atomic mass is 9.94. The van der Waals surface area contributed by atoms with Gasteiger partial charge in [-0.25, -0.2) is 0 Å². The summed E-state index contributed by atoms with van der Waals surface area (Å²) in [6.45, 7) is 3.29. The summed E-state index contributed by atoms with van der Waals surface area (Å²) in [5, 5.41) is 12.2. The van der Waals surface area contributed by atoms with Gasteiger partial charge in [-0.2, -0.15) is 0 Å². The molecular formula is C15H16ClNO4. The number of nitrogens with one attached hydrogen (secondary N) is 1. The normalized spacial score (nSPS) is 13.8. The Kier molecular flexibility index (Phi) is 4.23. The molecule has 0 fully saturated rings. The molecule has 1 aliphatic rings. The van der Waals surface area contributed by atoms with Gasteiger partial charge in [-0.15, -0.1) is 0 Å². The SMILES string of the molecule is CC(C)(CNC(=O)C1=Cc2cc(Cl)ccc2OC1)C(=O)O. The second-order valence-electron chi connectivity index (χ2n) is 5.51. The largest absolute Gasteiger partial charge is 0.488 e. The van der Waals surface area contributed by atoms with Crippen LogP contribution in [0, 0.1) is 5.41 Å². The molecule has 0 aliphatic carbocycles. The second-order valence-corrected chi connectivity index (χ2v) is 5.95. The zero-order valence-electron chi connectivity index (χ0n) is 11.8. The van der Waals surface area contributed by atoms with E-state index in [1.165, 1.54) is 0 Å². The van der Waals surface area contributed by atoms with Crippen molar-refractivity contribution in [2.75, 3.05) is 13.2 Å². The molecule has 0 radical (unpaired) electrons. The highest BCUT2D eigenvalue weighted by Crippen LogP contribution is 2.29. The fourth-order valence-electron chi connectivity index (χ4n) is 1.77. The van der Waals surface area contributed by atoms with Crippen LogP contribution in [0.2, 0.25) is 5.02 Å². The predicted octanol–water partition coefficient (Wildman–Crippen LogP) is 2.34. The molecule has 1 heterocycles. The third-order valence-corrected chi connectivity index (χ3v) is 3.48. The molecule has 1 aromatic rings. The Morgan fingerprint density at radius 2 is 2.14 bits per heavy atom. The number of aliphatic carboxylic acids is 1. The summed E-state index contributed by atoms with van der Waals surface area (Å²) in [5.74, 6) is -0.634. The van der Waals surface area contributed by atoms with E-state index in [-0.39, 0.29) is 19.1 Å². The quantitative estimate of drug-likeness (QED) is 0.895. The summed E-state index contributed by atoms with van der Waals surface area (Å²) in [6, 6.07) is 5.18. The number of ether oxygens (including phenoxy) is 1. The molecule has 1 aliphatic heterocycles. The standard InChI is InChI=1S/C15H16ClNO4/c1-15(2,14(19)20)8-17-13(18)10-5-9-6-11(16)3-4-12(9)21-7-10/h3-6H,7-8H2,1-2H3,(H,17,18)(H,19,20). The van der Waals surface area contributed by atoms with Crippen LogP contribution >= 0.6 is 11.6 Å². The summed E-state index contributed by atoms with van der Waals surface area (Å²) < 4.78 is 5.49. The second kappa shape index (κ2) is 5.77. The van der Waals surface area contributed by atoms with Gasteiger partial charge in [-0.1, -0.05) is 11.6 Å². The highest BCUT2D eigenvalue weighted by Gasteiger charge is 2.28. The number of halogens is 1. The van der Waals surface area contributed by atoms with E-state index in [0.717, 1.165) is 5.56 Å². The third kappa shape index (κ3) is 3.55. The van der Waals surface area contributed by atoms with Crippen molar-refractivity contribution in [3.8, 4) is 5.75 Å². The minimum Gasteiger partial charge on any atom is -0.488 e. The molecule has 0 unspecified atom stereocenters. The fourth-order valence-corrected chi connectivity index (χ4v) is 1.95. The van der Waals surface area contributed by atoms with Crippen LogP contribution in [0.3, 0.4) is 0 Å². The number of amides is 1. The van der Waals surface area contributed by atoms with Crippen LogP contribution in [0.15, 0.2) is 23.8 Å². The summed E-state index contributed by atoms with van der Waals surface area (Å²) in [6.07, 6.45) is 1.70. The summed E-state index contributed by atoms with van der Waals surface area (Å²) in [4.78, 5) is 23.1. The summed E-state index contributed by atoms with van der Waals surface area (Å²) in [7, 11) is 0. The minimum absolute atomic E-state index is 0.0426. The van der Waals surface area contributed by atoms with E-state index >= 15 is 0 Å². The molecule has 0 spiro atoms. The molecule has 0 aromatic heterocycles. The Morgan fingerprint density at radius 1 is 1.43 bits per heavy atom. The average molecular weight is 310 g/mol. The zero-order chi connectivity index (χ0) is 15.6. The van der Waals surface area contributed by atoms with Gasteiger partial charge in [0.1, 0.15) is 12.4 Å². The first-order valence-corrected chi connectivity index (χ1v) is 6.82. The first-order chi connectivity index (χ1) is 9.79. The van der Waals surface area contributed by atoms with Crippen molar-refractivity contribution in [3.63, 3.8) is 0 Å². The lowest BCUT2D eigenvalue weighted by Crippen LogP contribution is -2.40. The Hall–Kier alpha value is -2.01. The van der Waals surface area contributed by atoms with Gasteiger partial charge >= 0.3 is 5.97 Å². The maximum atomic E-state index is 12.1. The van der Waals surface area contributed by atoms with Crippen LogP contribution in [0.25, 0.3) is 6.08 Å². The Bertz CT molecular complexity index is 622. The molecule has 6 heteroatoms. The minimum atomic E-state index is -1.02. The number of rotatable bonds is 4. The van der Waals surface area contributed by atoms with Crippen molar-refractivity contribution in [2.45, 2.75) is 13.8 Å². The number of hydrogen-bond donors (Lipinski definition) is 2. The molecule has 21 heavy (non-hydrogen) atoms. The molecular weight excluding hydrogens is 294 g/mol. The number of hydrogen-bond acceptors (Lipinski definition) is 3. The van der Waals surface area contributed by atoms with E-state index in [1.807, 2.05) is 0 Å². The van der Waals surface area contributed by atoms with Crippen LogP contribution in [0.1, 0.15) is 19.4 Å². The van der Waals surface area contributed by atoms with Crippen LogP contribution in [-0.4, -0.2) is 30.1 Å². The number of carboxylic acid groups (broad SMARTS) is 1. The van der Waals surface area contributed by atoms with Crippen molar-refractivity contribution >= 4 is 29.6 Å². The third-order valence-electron chi connectivity index (χ3n) is 3.25. The number of carboxylic acids is 1. The van der Waals surface area contributed by atoms with E-state index in [2.05, 4.69) is 5.32 Å². The number of benzene rings is 1. The highest BCUT2D eigenvalue weighted by molar-refractivity contribution is 6.30. The summed E-state index contributed by atoms with van der Waals surface area (Å²) in [5.41, 5.74) is 0.148. The van der Waals surface area contributed by atoms with E-state index in [1.54, 1.807) is 38.1 Å². The lowest BCUT2D eigenvalue weighted by molar-refractivity contribution is -0.146. The molecule has 0 saturated carbocycles. The molecule has 5 nitrogen and oxygen atoms in total. The van der Waals surface area contributed by atoms with Crippen LogP contribution in [0.4, 0.5) is 0 Å². The molecule has 112 valence electrons. The first-order valence-electron chi connectivity index (χ1n) is 6.44. The molecule has 2 N–H and O–H groups in total. The maximum Gasteiger partial charge on any atom is 0.310 e. The highest BCUT2D eigenvalue weighted by atomic mass is 35.5. The Labute approximate surface area is 127 Å². The van der Waals surface area contributed by atoms with Crippen molar-refractivity contribution in [1.82, 2.24) is 5.32 Å². The van der Waals surface area contributed by atoms with Gasteiger partial charge < -0.3 is 15.2 Å². The van der Waals surface area contributed by atoms with Gasteiger partial charge in [0.25, 0.3) is 5.91 Å². The zero-order valence-corrected chi connectivity index (χ0v) is 12.5. The molecule has 1 amide bonds. The summed E-state index contributed by atoms with van der Waals surface area (Å²) >= 11 is 5.91. The number of carbonyl (C=O) groups is 2. The van der Waals surface area contributed by atoms with Gasteiger partial charge in [-0.05, 0) is 38.1 Å². The Balaban J connectivity index is 2.09. The van der Waals surface area contributed by atoms with Crippen LogP contribution < -0.4 is 10.1 Å². The van der Waals surface area contributed by atoms with Crippen molar-refractivity contribution in [3.05, 3.63) is 34.4 Å². The van der Waals surface area contributed by atoms with E-state index < -0.39 is 11.4 Å². The van der Waals surface area contributed by atoms with Gasteiger partial charge in [0.05, 0.1) is 11.0 Å². The molecule has 1 aromatic carbocycles. The van der Waals surface area contributed by atoms with Gasteiger partial charge in [-0.3, -0.25) is 9.59 Å². The molecule has 0 atom stereocenters. The van der Waals surface area contributed by atoms with E-state index in [9.17, 15) is 9.59 Å². The maximum absolute atomic E-state index is 12.1. The van der Waals surface area contributed by atoms with E-state index in [0.29, 0.717) is 16.3 Å². The number of carbonyl (C=O) groups excluding carboxylic acids is 1. The molecule has 0 bridgehead atoms. The van der Waals surface area contributed by atoms with Gasteiger partial charge in [0.2, 0.25) is 0 Å². The van der Waals surface area contributed by atoms with E-state index in [4.69, 9.17) is 21.4 Å². The van der Waals surface area contributed by atoms with Crippen molar-refractivity contribution < 1.29 is 19.4 Å². The van der Waals surface area contributed by atoms with Crippen molar-refractivity contribution in [1.29, 1.82) is 0 Å². The van der Waals surface area contributed by atoms with Gasteiger partial charge in [0.15, 0.2) is 0 Å². The molecule has 2 rings (SSSR count). The topological polar surface area (TPSA) is 75.6 Å². The Morgan fingerprint density at radius 3 is 2.81 bits per heavy atom. The van der Waals surface area contributed by atoms with Crippen molar-refractivity contribution in [2.24, 2.45) is 5.41 Å². The average Bonchev–Trinajstić information content (AvgIpc) is 2.43. The lowest BCUT2D eigenvalue weighted by Gasteiger charge is -2.21. The smallest absolute Gasteiger partial charge is 0.310 e. The first kappa shape index (κ1) is 15.4. The van der Waals surface area contributed by atoms with Gasteiger partial charge in [0, 0.05) is 17.1 Å². The fraction of sp³-hybridized carbons (Fsp3) is 0.333. The predicted molar refractivity (Wildman–Crippen MR) is 79.4 cm³/mol. The number of fused-ring (bicyclic) bond motifs is 1. The van der Waals surface area contributed by atoms with Crippen LogP contribution in [-0.2, 0) is 9.59 Å². The van der Waals surface area contributed by atoms with Crippen LogP contribution in [0.5, 0.6) is 5.75 Å². The molecule has 0 saturated heterocycles.